The zero-order chi connectivity index (χ0) is 13.7. The van der Waals surface area contributed by atoms with Crippen molar-refractivity contribution in [3.63, 3.8) is 0 Å². The molecule has 1 unspecified atom stereocenters. The Morgan fingerprint density at radius 3 is 2.95 bits per heavy atom. The van der Waals surface area contributed by atoms with Crippen LogP contribution in [0.5, 0.6) is 0 Å². The molecule has 0 radical (unpaired) electrons. The minimum Gasteiger partial charge on any atom is -0.384 e. The molecular weight excluding hydrogens is 252 g/mol. The molecule has 4 nitrogen and oxygen atoms in total. The van der Waals surface area contributed by atoms with E-state index in [1.807, 2.05) is 0 Å². The Balaban J connectivity index is 2.14. The fourth-order valence-corrected chi connectivity index (χ4v) is 2.88. The Labute approximate surface area is 110 Å². The molecule has 3 heterocycles. The third-order valence-corrected chi connectivity index (χ3v) is 4.00. The van der Waals surface area contributed by atoms with Gasteiger partial charge < -0.3 is 10.4 Å². The molecule has 1 atom stereocenters. The second kappa shape index (κ2) is 4.11. The summed E-state index contributed by atoms with van der Waals surface area (Å²) in [6, 6.07) is 0. The van der Waals surface area contributed by atoms with Crippen molar-refractivity contribution in [2.75, 3.05) is 6.54 Å². The lowest BCUT2D eigenvalue weighted by Crippen LogP contribution is -2.31. The summed E-state index contributed by atoms with van der Waals surface area (Å²) in [7, 11) is 0. The normalized spacial score (nSPS) is 29.2. The Hall–Kier alpha value is -1.27. The van der Waals surface area contributed by atoms with E-state index in [0.29, 0.717) is 18.5 Å². The lowest BCUT2D eigenvalue weighted by molar-refractivity contribution is -0.0308. The molecule has 19 heavy (non-hydrogen) atoms. The van der Waals surface area contributed by atoms with Crippen LogP contribution >= 0.6 is 0 Å². The van der Waals surface area contributed by atoms with Gasteiger partial charge in [0.15, 0.2) is 0 Å². The first-order valence-corrected chi connectivity index (χ1v) is 6.49. The van der Waals surface area contributed by atoms with Crippen molar-refractivity contribution in [2.45, 2.75) is 43.9 Å². The van der Waals surface area contributed by atoms with Crippen LogP contribution in [0.1, 0.15) is 29.8 Å². The summed E-state index contributed by atoms with van der Waals surface area (Å²) in [6.45, 7) is 4.78. The zero-order valence-corrected chi connectivity index (χ0v) is 10.6. The summed E-state index contributed by atoms with van der Waals surface area (Å²) < 4.78 is 29.9. The van der Waals surface area contributed by atoms with Crippen LogP contribution in [0.4, 0.5) is 8.78 Å². The minimum atomic E-state index is -2.95. The summed E-state index contributed by atoms with van der Waals surface area (Å²) in [5, 5.41) is 17.7. The van der Waals surface area contributed by atoms with Crippen molar-refractivity contribution < 1.29 is 13.9 Å². The molecule has 104 valence electrons. The second-order valence-electron chi connectivity index (χ2n) is 5.37. The van der Waals surface area contributed by atoms with Gasteiger partial charge in [-0.1, -0.05) is 6.08 Å². The van der Waals surface area contributed by atoms with E-state index in [0.717, 1.165) is 12.2 Å². The second-order valence-corrected chi connectivity index (χ2v) is 5.37. The van der Waals surface area contributed by atoms with Crippen molar-refractivity contribution >= 4 is 0 Å². The van der Waals surface area contributed by atoms with Crippen LogP contribution in [-0.4, -0.2) is 27.0 Å². The summed E-state index contributed by atoms with van der Waals surface area (Å²) in [4.78, 5) is 0. The number of hydrogen-bond donors (Lipinski definition) is 2. The van der Waals surface area contributed by atoms with Crippen molar-refractivity contribution in [1.29, 1.82) is 0 Å². The van der Waals surface area contributed by atoms with Gasteiger partial charge in [-0.15, -0.1) is 6.58 Å². The maximum atomic E-state index is 14.3. The van der Waals surface area contributed by atoms with Crippen LogP contribution in [0.2, 0.25) is 0 Å². The number of fused-ring (bicyclic) bond motifs is 3. The highest BCUT2D eigenvalue weighted by Crippen LogP contribution is 2.42. The first kappa shape index (κ1) is 12.7. The Bertz CT molecular complexity index is 526. The number of aliphatic hydroxyl groups is 1. The predicted molar refractivity (Wildman–Crippen MR) is 65.9 cm³/mol. The van der Waals surface area contributed by atoms with Gasteiger partial charge in [0, 0.05) is 31.5 Å². The molecule has 0 amide bonds. The standard InChI is InChI=1S/C13H17F2N3O/c1-2-12(19)4-5-13(14,15)11-9-7-16-6-3-10(9)17-18(11)8-12/h2,16,19H,1,3-8H2. The molecule has 0 saturated carbocycles. The molecule has 2 N–H and O–H groups in total. The summed E-state index contributed by atoms with van der Waals surface area (Å²) in [5.41, 5.74) is -0.0183. The van der Waals surface area contributed by atoms with Crippen LogP contribution < -0.4 is 5.32 Å². The van der Waals surface area contributed by atoms with Gasteiger partial charge in [0.25, 0.3) is 5.92 Å². The lowest BCUT2D eigenvalue weighted by Gasteiger charge is -2.22. The number of rotatable bonds is 1. The van der Waals surface area contributed by atoms with Crippen LogP contribution in [-0.2, 0) is 25.4 Å². The first-order valence-electron chi connectivity index (χ1n) is 6.49. The molecule has 6 heteroatoms. The smallest absolute Gasteiger partial charge is 0.289 e. The van der Waals surface area contributed by atoms with Gasteiger partial charge >= 0.3 is 0 Å². The van der Waals surface area contributed by atoms with E-state index in [4.69, 9.17) is 0 Å². The number of nitrogens with one attached hydrogen (secondary N) is 1. The van der Waals surface area contributed by atoms with Gasteiger partial charge in [-0.05, 0) is 6.42 Å². The van der Waals surface area contributed by atoms with E-state index in [-0.39, 0.29) is 25.1 Å². The topological polar surface area (TPSA) is 50.1 Å². The van der Waals surface area contributed by atoms with Gasteiger partial charge in [0.05, 0.1) is 12.2 Å². The van der Waals surface area contributed by atoms with Crippen molar-refractivity contribution in [2.24, 2.45) is 0 Å². The van der Waals surface area contributed by atoms with Gasteiger partial charge in [-0.3, -0.25) is 4.68 Å². The quantitative estimate of drug-likeness (QED) is 0.756. The average molecular weight is 269 g/mol. The highest BCUT2D eigenvalue weighted by atomic mass is 19.3. The van der Waals surface area contributed by atoms with Crippen LogP contribution in [0.15, 0.2) is 12.7 Å². The number of hydrogen-bond acceptors (Lipinski definition) is 3. The maximum absolute atomic E-state index is 14.3. The molecule has 0 bridgehead atoms. The van der Waals surface area contributed by atoms with E-state index >= 15 is 0 Å². The fraction of sp³-hybridized carbons (Fsp3) is 0.615. The Kier molecular flexibility index (Phi) is 2.76. The minimum absolute atomic E-state index is 0.00490. The number of nitrogens with zero attached hydrogens (tertiary/aromatic N) is 2. The van der Waals surface area contributed by atoms with Crippen molar-refractivity contribution in [3.8, 4) is 0 Å². The molecule has 3 rings (SSSR count). The summed E-state index contributed by atoms with van der Waals surface area (Å²) >= 11 is 0. The highest BCUT2D eigenvalue weighted by Gasteiger charge is 2.45. The fourth-order valence-electron chi connectivity index (χ4n) is 2.88. The van der Waals surface area contributed by atoms with E-state index < -0.39 is 11.5 Å². The predicted octanol–water partition coefficient (Wildman–Crippen LogP) is 1.33. The average Bonchev–Trinajstić information content (AvgIpc) is 2.70. The third-order valence-electron chi connectivity index (χ3n) is 4.00. The molecule has 0 aliphatic carbocycles. The number of aromatic nitrogens is 2. The maximum Gasteiger partial charge on any atom is 0.289 e. The van der Waals surface area contributed by atoms with Gasteiger partial charge in [0.2, 0.25) is 0 Å². The largest absolute Gasteiger partial charge is 0.384 e. The monoisotopic (exact) mass is 269 g/mol. The molecule has 1 aromatic rings. The Morgan fingerprint density at radius 2 is 2.21 bits per heavy atom. The summed E-state index contributed by atoms with van der Waals surface area (Å²) in [6.07, 6.45) is 1.61. The molecule has 2 aliphatic rings. The van der Waals surface area contributed by atoms with Crippen molar-refractivity contribution in [1.82, 2.24) is 15.1 Å². The van der Waals surface area contributed by atoms with Crippen LogP contribution in [0.25, 0.3) is 0 Å². The molecule has 0 saturated heterocycles. The highest BCUT2D eigenvalue weighted by molar-refractivity contribution is 5.33. The third kappa shape index (κ3) is 1.99. The van der Waals surface area contributed by atoms with Crippen LogP contribution in [0.3, 0.4) is 0 Å². The molecular formula is C13H17F2N3O. The summed E-state index contributed by atoms with van der Waals surface area (Å²) in [5.74, 6) is -2.95. The van der Waals surface area contributed by atoms with Gasteiger partial charge in [0.1, 0.15) is 11.3 Å². The van der Waals surface area contributed by atoms with E-state index in [1.165, 1.54) is 10.8 Å². The molecule has 0 aromatic carbocycles. The Morgan fingerprint density at radius 1 is 1.42 bits per heavy atom. The molecule has 2 aliphatic heterocycles. The molecule has 0 fully saturated rings. The first-order chi connectivity index (χ1) is 8.95. The zero-order valence-electron chi connectivity index (χ0n) is 10.6. The SMILES string of the molecule is C=CC1(O)CCC(F)(F)c2c3c(nn2C1)CCNC3. The van der Waals surface area contributed by atoms with E-state index in [2.05, 4.69) is 17.0 Å². The lowest BCUT2D eigenvalue weighted by atomic mass is 9.95. The van der Waals surface area contributed by atoms with Crippen molar-refractivity contribution in [3.05, 3.63) is 29.6 Å². The van der Waals surface area contributed by atoms with E-state index in [9.17, 15) is 13.9 Å². The number of halogens is 2. The van der Waals surface area contributed by atoms with Gasteiger partial charge in [-0.2, -0.15) is 13.9 Å². The van der Waals surface area contributed by atoms with Crippen LogP contribution in [0, 0.1) is 0 Å². The molecule has 1 aromatic heterocycles. The van der Waals surface area contributed by atoms with Gasteiger partial charge in [-0.25, -0.2) is 0 Å². The van der Waals surface area contributed by atoms with E-state index in [1.54, 1.807) is 0 Å². The number of alkyl halides is 2. The molecule has 0 spiro atoms.